The van der Waals surface area contributed by atoms with Crippen molar-refractivity contribution in [2.75, 3.05) is 0 Å². The number of hydrogen-bond acceptors (Lipinski definition) is 3. The summed E-state index contributed by atoms with van der Waals surface area (Å²) in [5.74, 6) is -12.7. The molecule has 2 rings (SSSR count). The summed E-state index contributed by atoms with van der Waals surface area (Å²) in [6, 6.07) is 8.20. The molecule has 142 valence electrons. The molecule has 0 saturated carbocycles. The Kier molecular flexibility index (Phi) is 6.27. The van der Waals surface area contributed by atoms with Crippen LogP contribution in [0.5, 0.6) is 0 Å². The minimum absolute atomic E-state index is 0.377. The predicted octanol–water partition coefficient (Wildman–Crippen LogP) is 3.60. The summed E-state index contributed by atoms with van der Waals surface area (Å²) < 4.78 is 71.2. The van der Waals surface area contributed by atoms with Crippen molar-refractivity contribution in [3.8, 4) is 0 Å². The molecule has 0 atom stereocenters. The van der Waals surface area contributed by atoms with Crippen LogP contribution in [0.15, 0.2) is 36.0 Å². The van der Waals surface area contributed by atoms with Crippen molar-refractivity contribution in [2.24, 2.45) is 0 Å². The first-order valence-corrected chi connectivity index (χ1v) is 7.44. The lowest BCUT2D eigenvalue weighted by molar-refractivity contribution is -0.141. The number of carbonyl (C=O) groups excluding carboxylic acids is 2. The lowest BCUT2D eigenvalue weighted by Crippen LogP contribution is -2.26. The summed E-state index contributed by atoms with van der Waals surface area (Å²) >= 11 is 0. The van der Waals surface area contributed by atoms with Crippen LogP contribution in [0.2, 0.25) is 0 Å². The smallest absolute Gasteiger partial charge is 0.355 e. The summed E-state index contributed by atoms with van der Waals surface area (Å²) in [5, 5.41) is 2.18. The average molecular weight is 385 g/mol. The molecule has 0 saturated heterocycles. The topological polar surface area (TPSA) is 55.4 Å². The number of benzene rings is 2. The van der Waals surface area contributed by atoms with Crippen LogP contribution in [-0.2, 0) is 20.9 Å². The van der Waals surface area contributed by atoms with Gasteiger partial charge in [-0.25, -0.2) is 26.7 Å². The zero-order valence-electron chi connectivity index (χ0n) is 13.8. The van der Waals surface area contributed by atoms with E-state index in [2.05, 4.69) is 10.1 Å². The Balaban J connectivity index is 2.27. The highest BCUT2D eigenvalue weighted by Crippen LogP contribution is 2.23. The normalized spacial score (nSPS) is 11.3. The van der Waals surface area contributed by atoms with Gasteiger partial charge >= 0.3 is 5.97 Å². The molecular weight excluding hydrogens is 373 g/mol. The van der Waals surface area contributed by atoms with Crippen LogP contribution in [0.25, 0.3) is 6.08 Å². The van der Waals surface area contributed by atoms with Gasteiger partial charge < -0.3 is 10.1 Å². The third-order valence-electron chi connectivity index (χ3n) is 3.29. The van der Waals surface area contributed by atoms with E-state index in [4.69, 9.17) is 0 Å². The van der Waals surface area contributed by atoms with E-state index in [0.29, 0.717) is 5.56 Å². The molecule has 0 aliphatic heterocycles. The van der Waals surface area contributed by atoms with Crippen molar-refractivity contribution >= 4 is 18.0 Å². The van der Waals surface area contributed by atoms with Crippen LogP contribution < -0.4 is 5.32 Å². The van der Waals surface area contributed by atoms with Crippen LogP contribution in [0.1, 0.15) is 18.1 Å². The van der Waals surface area contributed by atoms with Crippen molar-refractivity contribution in [3.63, 3.8) is 0 Å². The van der Waals surface area contributed by atoms with Crippen LogP contribution in [0.3, 0.4) is 0 Å². The number of rotatable bonds is 5. The second kappa shape index (κ2) is 8.43. The molecule has 4 nitrogen and oxygen atoms in total. The minimum Gasteiger partial charge on any atom is -0.456 e. The quantitative estimate of drug-likeness (QED) is 0.281. The third kappa shape index (κ3) is 4.69. The minimum atomic E-state index is -2.32. The molecular formula is C18H12F5NO3. The van der Waals surface area contributed by atoms with Gasteiger partial charge in [-0.15, -0.1) is 0 Å². The van der Waals surface area contributed by atoms with Crippen molar-refractivity contribution in [2.45, 2.75) is 13.5 Å². The maximum Gasteiger partial charge on any atom is 0.355 e. The molecule has 1 N–H and O–H groups in total. The molecule has 1 amide bonds. The molecule has 2 aromatic rings. The van der Waals surface area contributed by atoms with Gasteiger partial charge in [0.2, 0.25) is 11.7 Å². The fourth-order valence-electron chi connectivity index (χ4n) is 2.04. The van der Waals surface area contributed by atoms with Gasteiger partial charge in [0.05, 0.1) is 5.56 Å². The molecule has 0 heterocycles. The highest BCUT2D eigenvalue weighted by atomic mass is 19.2. The average Bonchev–Trinajstić information content (AvgIpc) is 2.64. The molecule has 0 bridgehead atoms. The Morgan fingerprint density at radius 1 is 0.926 bits per heavy atom. The number of ether oxygens (including phenoxy) is 1. The summed E-state index contributed by atoms with van der Waals surface area (Å²) in [6.07, 6.45) is 1.22. The summed E-state index contributed by atoms with van der Waals surface area (Å²) in [7, 11) is 0. The molecule has 0 aliphatic rings. The Hall–Kier alpha value is -3.23. The number of hydrogen-bond donors (Lipinski definition) is 1. The molecule has 0 fully saturated rings. The Labute approximate surface area is 150 Å². The number of halogens is 5. The van der Waals surface area contributed by atoms with Gasteiger partial charge in [-0.2, -0.15) is 0 Å². The molecule has 0 radical (unpaired) electrons. The molecule has 0 unspecified atom stereocenters. The molecule has 0 aromatic heterocycles. The maximum atomic E-state index is 13.6. The van der Waals surface area contributed by atoms with Crippen LogP contribution in [-0.4, -0.2) is 11.9 Å². The van der Waals surface area contributed by atoms with E-state index in [1.165, 1.54) is 6.08 Å². The third-order valence-corrected chi connectivity index (χ3v) is 3.29. The Morgan fingerprint density at radius 2 is 1.44 bits per heavy atom. The first-order chi connectivity index (χ1) is 12.7. The van der Waals surface area contributed by atoms with E-state index < -0.39 is 53.1 Å². The van der Waals surface area contributed by atoms with Gasteiger partial charge in [0, 0.05) is 6.92 Å². The van der Waals surface area contributed by atoms with E-state index in [-0.39, 0.29) is 5.70 Å². The van der Waals surface area contributed by atoms with Gasteiger partial charge in [0.1, 0.15) is 12.3 Å². The summed E-state index contributed by atoms with van der Waals surface area (Å²) in [4.78, 5) is 23.3. The number of amides is 1. The van der Waals surface area contributed by atoms with Crippen molar-refractivity contribution in [1.82, 2.24) is 5.32 Å². The first-order valence-electron chi connectivity index (χ1n) is 7.44. The molecule has 27 heavy (non-hydrogen) atoms. The lowest BCUT2D eigenvalue weighted by Gasteiger charge is -2.11. The highest BCUT2D eigenvalue weighted by molar-refractivity contribution is 5.97. The fraction of sp³-hybridized carbons (Fsp3) is 0.111. The Morgan fingerprint density at radius 3 is 1.96 bits per heavy atom. The maximum absolute atomic E-state index is 13.6. The molecule has 0 spiro atoms. The van der Waals surface area contributed by atoms with Crippen molar-refractivity contribution < 1.29 is 36.3 Å². The van der Waals surface area contributed by atoms with E-state index in [9.17, 15) is 31.5 Å². The van der Waals surface area contributed by atoms with Gasteiger partial charge in [-0.1, -0.05) is 30.3 Å². The van der Waals surface area contributed by atoms with Crippen molar-refractivity contribution in [3.05, 3.63) is 76.2 Å². The molecule has 0 aliphatic carbocycles. The van der Waals surface area contributed by atoms with Crippen LogP contribution >= 0.6 is 0 Å². The first kappa shape index (κ1) is 20.1. The zero-order chi connectivity index (χ0) is 20.1. The Bertz CT molecular complexity index is 884. The standard InChI is InChI=1S/C18H12F5NO3/c1-9(25)24-12(7-10-5-3-2-4-6-10)18(26)27-8-11-13(19)15(21)17(23)16(22)14(11)20/h2-7H,8H2,1H3,(H,24,25)/b12-7+. The number of esters is 1. The summed E-state index contributed by atoms with van der Waals surface area (Å²) in [5.41, 5.74) is -1.19. The highest BCUT2D eigenvalue weighted by Gasteiger charge is 2.26. The largest absolute Gasteiger partial charge is 0.456 e. The van der Waals surface area contributed by atoms with E-state index in [1.54, 1.807) is 30.3 Å². The van der Waals surface area contributed by atoms with Crippen molar-refractivity contribution in [1.29, 1.82) is 0 Å². The van der Waals surface area contributed by atoms with Crippen LogP contribution in [0.4, 0.5) is 22.0 Å². The second-order valence-electron chi connectivity index (χ2n) is 5.27. The van der Waals surface area contributed by atoms with Crippen LogP contribution in [0, 0.1) is 29.1 Å². The summed E-state index contributed by atoms with van der Waals surface area (Å²) in [6.45, 7) is -0.119. The number of carbonyl (C=O) groups is 2. The molecule has 9 heteroatoms. The predicted molar refractivity (Wildman–Crippen MR) is 84.3 cm³/mol. The van der Waals surface area contributed by atoms with E-state index >= 15 is 0 Å². The zero-order valence-corrected chi connectivity index (χ0v) is 13.8. The second-order valence-corrected chi connectivity index (χ2v) is 5.27. The van der Waals surface area contributed by atoms with Gasteiger partial charge in [-0.3, -0.25) is 4.79 Å². The lowest BCUT2D eigenvalue weighted by atomic mass is 10.1. The van der Waals surface area contributed by atoms with Gasteiger partial charge in [0.15, 0.2) is 23.3 Å². The number of nitrogens with one attached hydrogen (secondary N) is 1. The SMILES string of the molecule is CC(=O)N/C(=C/c1ccccc1)C(=O)OCc1c(F)c(F)c(F)c(F)c1F. The van der Waals surface area contributed by atoms with E-state index in [0.717, 1.165) is 6.92 Å². The monoisotopic (exact) mass is 385 g/mol. The van der Waals surface area contributed by atoms with Gasteiger partial charge in [-0.05, 0) is 11.6 Å². The molecule has 2 aromatic carbocycles. The van der Waals surface area contributed by atoms with E-state index in [1.807, 2.05) is 0 Å². The van der Waals surface area contributed by atoms with Gasteiger partial charge in [0.25, 0.3) is 0 Å². The fourth-order valence-corrected chi connectivity index (χ4v) is 2.04.